The lowest BCUT2D eigenvalue weighted by molar-refractivity contribution is 0.315. The van der Waals surface area contributed by atoms with Crippen LogP contribution in [0.5, 0.6) is 5.06 Å². The molecule has 1 nitrogen and oxygen atoms in total. The van der Waals surface area contributed by atoms with Gasteiger partial charge in [0.2, 0.25) is 0 Å². The van der Waals surface area contributed by atoms with Crippen LogP contribution in [0.3, 0.4) is 0 Å². The molecule has 0 atom stereocenters. The smallest absolute Gasteiger partial charge is 0.173 e. The summed E-state index contributed by atoms with van der Waals surface area (Å²) in [7, 11) is 0. The third kappa shape index (κ3) is 4.19. The van der Waals surface area contributed by atoms with E-state index in [1.807, 2.05) is 0 Å². The van der Waals surface area contributed by atoms with E-state index >= 15 is 0 Å². The molecule has 0 saturated carbocycles. The summed E-state index contributed by atoms with van der Waals surface area (Å²) in [4.78, 5) is 1.37. The monoisotopic (exact) mass is 260 g/mol. The molecule has 2 rings (SSSR count). The van der Waals surface area contributed by atoms with Crippen LogP contribution in [0.2, 0.25) is 0 Å². The van der Waals surface area contributed by atoms with Gasteiger partial charge in [-0.25, -0.2) is 0 Å². The quantitative estimate of drug-likeness (QED) is 0.643. The van der Waals surface area contributed by atoms with E-state index < -0.39 is 0 Å². The molecule has 0 unspecified atom stereocenters. The van der Waals surface area contributed by atoms with Crippen molar-refractivity contribution in [1.82, 2.24) is 0 Å². The van der Waals surface area contributed by atoms with Gasteiger partial charge in [0.15, 0.2) is 5.06 Å². The Kier molecular flexibility index (Phi) is 5.28. The molecule has 0 amide bonds. The van der Waals surface area contributed by atoms with Crippen LogP contribution in [0.15, 0.2) is 42.5 Å². The molecule has 0 spiro atoms. The summed E-state index contributed by atoms with van der Waals surface area (Å²) in [5.41, 5.74) is 1.36. The van der Waals surface area contributed by atoms with Crippen molar-refractivity contribution < 1.29 is 4.74 Å². The zero-order chi connectivity index (χ0) is 12.6. The predicted molar refractivity (Wildman–Crippen MR) is 78.6 cm³/mol. The molecule has 1 aromatic carbocycles. The molecule has 0 saturated heterocycles. The van der Waals surface area contributed by atoms with E-state index in [4.69, 9.17) is 4.74 Å². The van der Waals surface area contributed by atoms with Crippen LogP contribution >= 0.6 is 11.3 Å². The molecular formula is C16H20OS. The second kappa shape index (κ2) is 7.22. The van der Waals surface area contributed by atoms with Crippen LogP contribution < -0.4 is 4.74 Å². The highest BCUT2D eigenvalue weighted by atomic mass is 32.1. The topological polar surface area (TPSA) is 9.23 Å². The van der Waals surface area contributed by atoms with Crippen LogP contribution in [0.1, 0.15) is 36.6 Å². The largest absolute Gasteiger partial charge is 0.484 e. The molecule has 0 aliphatic carbocycles. The Bertz CT molecular complexity index is 447. The minimum atomic E-state index is 0.846. The van der Waals surface area contributed by atoms with Gasteiger partial charge in [0, 0.05) is 11.3 Å². The van der Waals surface area contributed by atoms with Crippen LogP contribution in [-0.2, 0) is 6.42 Å². The average Bonchev–Trinajstić information content (AvgIpc) is 2.84. The molecule has 0 aliphatic heterocycles. The molecule has 0 fully saturated rings. The Labute approximate surface area is 113 Å². The third-order valence-electron chi connectivity index (χ3n) is 2.85. The van der Waals surface area contributed by atoms with Gasteiger partial charge in [-0.15, -0.1) is 11.3 Å². The fourth-order valence-electron chi connectivity index (χ4n) is 1.85. The highest BCUT2D eigenvalue weighted by Gasteiger charge is 2.02. The molecule has 1 heterocycles. The molecule has 18 heavy (non-hydrogen) atoms. The van der Waals surface area contributed by atoms with Crippen molar-refractivity contribution in [3.8, 4) is 5.06 Å². The number of thiophene rings is 1. The number of hydrogen-bond donors (Lipinski definition) is 0. The van der Waals surface area contributed by atoms with Gasteiger partial charge in [-0.2, -0.15) is 0 Å². The van der Waals surface area contributed by atoms with Gasteiger partial charge in [-0.3, -0.25) is 0 Å². The third-order valence-corrected chi connectivity index (χ3v) is 3.85. The van der Waals surface area contributed by atoms with Crippen molar-refractivity contribution in [1.29, 1.82) is 0 Å². The molecule has 0 aliphatic rings. The van der Waals surface area contributed by atoms with Gasteiger partial charge >= 0.3 is 0 Å². The number of benzene rings is 1. The van der Waals surface area contributed by atoms with Crippen molar-refractivity contribution in [3.05, 3.63) is 52.9 Å². The zero-order valence-electron chi connectivity index (χ0n) is 10.9. The maximum Gasteiger partial charge on any atom is 0.173 e. The van der Waals surface area contributed by atoms with Crippen molar-refractivity contribution in [2.24, 2.45) is 0 Å². The molecule has 1 aromatic heterocycles. The normalized spacial score (nSPS) is 10.5. The summed E-state index contributed by atoms with van der Waals surface area (Å²) in [5, 5.41) is 1.05. The van der Waals surface area contributed by atoms with Crippen LogP contribution in [0.25, 0.3) is 0 Å². The van der Waals surface area contributed by atoms with Gasteiger partial charge < -0.3 is 4.74 Å². The Balaban J connectivity index is 1.83. The van der Waals surface area contributed by atoms with Gasteiger partial charge in [-0.1, -0.05) is 50.1 Å². The molecule has 2 heteroatoms. The van der Waals surface area contributed by atoms with Crippen LogP contribution in [-0.4, -0.2) is 6.61 Å². The minimum absolute atomic E-state index is 0.846. The lowest BCUT2D eigenvalue weighted by Gasteiger charge is -2.01. The van der Waals surface area contributed by atoms with Crippen LogP contribution in [0.4, 0.5) is 0 Å². The summed E-state index contributed by atoms with van der Waals surface area (Å²) in [6.07, 6.45) is 4.65. The molecule has 0 radical (unpaired) electrons. The van der Waals surface area contributed by atoms with Gasteiger partial charge in [0.1, 0.15) is 0 Å². The van der Waals surface area contributed by atoms with Crippen molar-refractivity contribution in [3.63, 3.8) is 0 Å². The number of ether oxygens (including phenoxy) is 1. The zero-order valence-corrected chi connectivity index (χ0v) is 11.7. The first-order chi connectivity index (χ1) is 8.88. The average molecular weight is 260 g/mol. The van der Waals surface area contributed by atoms with Gasteiger partial charge in [-0.05, 0) is 24.1 Å². The van der Waals surface area contributed by atoms with E-state index in [0.717, 1.165) is 24.5 Å². The standard InChI is InChI=1S/C16H20OS/c1-2-3-7-12-17-16-11-10-15(18-16)13-14-8-5-4-6-9-14/h4-6,8-11H,2-3,7,12-13H2,1H3. The Morgan fingerprint density at radius 1 is 1.00 bits per heavy atom. The second-order valence-corrected chi connectivity index (χ2v) is 5.57. The minimum Gasteiger partial charge on any atom is -0.484 e. The molecule has 2 aromatic rings. The van der Waals surface area contributed by atoms with Crippen molar-refractivity contribution in [2.75, 3.05) is 6.61 Å². The van der Waals surface area contributed by atoms with E-state index in [9.17, 15) is 0 Å². The van der Waals surface area contributed by atoms with E-state index in [-0.39, 0.29) is 0 Å². The van der Waals surface area contributed by atoms with Gasteiger partial charge in [0.25, 0.3) is 0 Å². The van der Waals surface area contributed by atoms with E-state index in [1.165, 1.54) is 23.3 Å². The predicted octanol–water partition coefficient (Wildman–Crippen LogP) is 4.91. The van der Waals surface area contributed by atoms with E-state index in [0.29, 0.717) is 0 Å². The van der Waals surface area contributed by atoms with Crippen molar-refractivity contribution in [2.45, 2.75) is 32.6 Å². The first kappa shape index (κ1) is 13.2. The Hall–Kier alpha value is -1.28. The SMILES string of the molecule is CCCCCOc1ccc(Cc2ccccc2)s1. The number of unbranched alkanes of at least 4 members (excludes halogenated alkanes) is 2. The summed E-state index contributed by atoms with van der Waals surface area (Å²) in [6, 6.07) is 14.8. The maximum absolute atomic E-state index is 5.74. The van der Waals surface area contributed by atoms with E-state index in [2.05, 4.69) is 49.4 Å². The fraction of sp³-hybridized carbons (Fsp3) is 0.375. The Morgan fingerprint density at radius 2 is 1.83 bits per heavy atom. The second-order valence-electron chi connectivity index (χ2n) is 4.44. The highest BCUT2D eigenvalue weighted by Crippen LogP contribution is 2.26. The summed E-state index contributed by atoms with van der Waals surface area (Å²) in [5.74, 6) is 0. The van der Waals surface area contributed by atoms with Crippen molar-refractivity contribution >= 4 is 11.3 Å². The van der Waals surface area contributed by atoms with Crippen LogP contribution in [0, 0.1) is 0 Å². The summed E-state index contributed by atoms with van der Waals surface area (Å²) < 4.78 is 5.74. The lowest BCUT2D eigenvalue weighted by atomic mass is 10.1. The maximum atomic E-state index is 5.74. The van der Waals surface area contributed by atoms with E-state index in [1.54, 1.807) is 11.3 Å². The van der Waals surface area contributed by atoms with Gasteiger partial charge in [0.05, 0.1) is 6.61 Å². The molecule has 0 bridgehead atoms. The number of rotatable bonds is 7. The number of hydrogen-bond acceptors (Lipinski definition) is 2. The summed E-state index contributed by atoms with van der Waals surface area (Å²) in [6.45, 7) is 3.06. The molecular weight excluding hydrogens is 240 g/mol. The lowest BCUT2D eigenvalue weighted by Crippen LogP contribution is -1.94. The molecule has 96 valence electrons. The fourth-order valence-corrected chi connectivity index (χ4v) is 2.76. The summed E-state index contributed by atoms with van der Waals surface area (Å²) >= 11 is 1.76. The first-order valence-corrected chi connectivity index (χ1v) is 7.45. The highest BCUT2D eigenvalue weighted by molar-refractivity contribution is 7.13. The Morgan fingerprint density at radius 3 is 2.61 bits per heavy atom. The first-order valence-electron chi connectivity index (χ1n) is 6.64. The molecule has 0 N–H and O–H groups in total.